The molecule has 0 spiro atoms. The molecule has 5 rings (SSSR count). The molecule has 1 aliphatic carbocycles. The van der Waals surface area contributed by atoms with Gasteiger partial charge in [-0.15, -0.1) is 24.8 Å². The number of hydrogen-bond donors (Lipinski definition) is 2. The number of carbonyl (C=O) groups is 1. The van der Waals surface area contributed by atoms with Crippen LogP contribution in [0.25, 0.3) is 0 Å². The first-order valence-corrected chi connectivity index (χ1v) is 14.5. The van der Waals surface area contributed by atoms with Gasteiger partial charge in [-0.05, 0) is 70.3 Å². The van der Waals surface area contributed by atoms with Gasteiger partial charge in [0.05, 0.1) is 0 Å². The van der Waals surface area contributed by atoms with Crippen LogP contribution < -0.4 is 14.8 Å². The minimum Gasteiger partial charge on any atom is -0.492 e. The van der Waals surface area contributed by atoms with Crippen LogP contribution in [0.3, 0.4) is 0 Å². The summed E-state index contributed by atoms with van der Waals surface area (Å²) < 4.78 is 11.7. The second-order valence-electron chi connectivity index (χ2n) is 12.0. The maximum Gasteiger partial charge on any atom is 0.345 e. The van der Waals surface area contributed by atoms with E-state index >= 15 is 0 Å². The van der Waals surface area contributed by atoms with E-state index in [9.17, 15) is 9.90 Å². The second kappa shape index (κ2) is 14.8. The Balaban J connectivity index is 0.00000242. The zero-order valence-corrected chi connectivity index (χ0v) is 26.7. The van der Waals surface area contributed by atoms with E-state index in [1.165, 1.54) is 11.1 Å². The number of likely N-dealkylation sites (tertiary alicyclic amines) is 1. The summed E-state index contributed by atoms with van der Waals surface area (Å²) in [6, 6.07) is 24.0. The molecule has 1 saturated carbocycles. The lowest BCUT2D eigenvalue weighted by Gasteiger charge is -2.20. The van der Waals surface area contributed by atoms with Crippen molar-refractivity contribution < 1.29 is 19.4 Å². The van der Waals surface area contributed by atoms with Gasteiger partial charge >= 0.3 is 5.97 Å². The Morgan fingerprint density at radius 1 is 0.929 bits per heavy atom. The van der Waals surface area contributed by atoms with Crippen LogP contribution in [0.15, 0.2) is 72.8 Å². The Morgan fingerprint density at radius 2 is 1.50 bits per heavy atom. The fourth-order valence-electron chi connectivity index (χ4n) is 5.60. The predicted molar refractivity (Wildman–Crippen MR) is 173 cm³/mol. The molecule has 2 fully saturated rings. The molecule has 6 nitrogen and oxygen atoms in total. The molecule has 4 atom stereocenters. The molecule has 2 N–H and O–H groups in total. The third kappa shape index (κ3) is 9.01. The van der Waals surface area contributed by atoms with Crippen LogP contribution in [0.1, 0.15) is 37.5 Å². The molecule has 228 valence electrons. The van der Waals surface area contributed by atoms with Crippen molar-refractivity contribution >= 4 is 42.4 Å². The van der Waals surface area contributed by atoms with Crippen molar-refractivity contribution in [1.29, 1.82) is 0 Å². The smallest absolute Gasteiger partial charge is 0.345 e. The first-order chi connectivity index (χ1) is 19.2. The Bertz CT molecular complexity index is 1270. The number of fused-ring (bicyclic) bond motifs is 1. The van der Waals surface area contributed by atoms with Gasteiger partial charge < -0.3 is 19.9 Å². The zero-order valence-electron chi connectivity index (χ0n) is 24.3. The van der Waals surface area contributed by atoms with Gasteiger partial charge in [0.15, 0.2) is 6.10 Å². The van der Waals surface area contributed by atoms with Crippen LogP contribution in [0, 0.1) is 11.8 Å². The van der Waals surface area contributed by atoms with Crippen molar-refractivity contribution in [3.63, 3.8) is 0 Å². The van der Waals surface area contributed by atoms with Crippen molar-refractivity contribution in [2.45, 2.75) is 51.3 Å². The second-order valence-corrected chi connectivity index (χ2v) is 12.5. The van der Waals surface area contributed by atoms with Gasteiger partial charge in [-0.2, -0.15) is 0 Å². The summed E-state index contributed by atoms with van der Waals surface area (Å²) in [4.78, 5) is 14.4. The molecule has 0 amide bonds. The van der Waals surface area contributed by atoms with E-state index in [0.29, 0.717) is 18.4 Å². The van der Waals surface area contributed by atoms with E-state index < -0.39 is 12.1 Å². The van der Waals surface area contributed by atoms with Crippen molar-refractivity contribution in [2.24, 2.45) is 11.8 Å². The number of hydrogen-bond acceptors (Lipinski definition) is 5. The molecular weight excluding hydrogens is 595 g/mol. The highest BCUT2D eigenvalue weighted by molar-refractivity contribution is 6.30. The van der Waals surface area contributed by atoms with E-state index in [1.54, 1.807) is 0 Å². The molecule has 0 bridgehead atoms. The highest BCUT2D eigenvalue weighted by atomic mass is 35.5. The Hall–Kier alpha value is -2.48. The van der Waals surface area contributed by atoms with Gasteiger partial charge in [-0.3, -0.25) is 4.90 Å². The average Bonchev–Trinajstić information content (AvgIpc) is 3.37. The number of piperidine rings is 1. The molecule has 9 heteroatoms. The van der Waals surface area contributed by atoms with Crippen LogP contribution in [0.2, 0.25) is 5.02 Å². The quantitative estimate of drug-likeness (QED) is 0.217. The number of nitrogens with zero attached hydrogens (tertiary/aromatic N) is 1. The number of ether oxygens (including phenoxy) is 2. The van der Waals surface area contributed by atoms with E-state index in [2.05, 4.69) is 43.1 Å². The van der Waals surface area contributed by atoms with Crippen molar-refractivity contribution in [3.05, 3.63) is 94.5 Å². The third-order valence-electron chi connectivity index (χ3n) is 7.96. The summed E-state index contributed by atoms with van der Waals surface area (Å²) in [6.07, 6.45) is -0.686. The Labute approximate surface area is 266 Å². The van der Waals surface area contributed by atoms with Gasteiger partial charge in [0.1, 0.15) is 18.1 Å². The molecule has 1 saturated heterocycles. The molecule has 2 unspecified atom stereocenters. The fourth-order valence-corrected chi connectivity index (χ4v) is 5.73. The summed E-state index contributed by atoms with van der Waals surface area (Å²) >= 11 is 5.99. The van der Waals surface area contributed by atoms with Crippen molar-refractivity contribution in [2.75, 3.05) is 26.2 Å². The summed E-state index contributed by atoms with van der Waals surface area (Å²) in [5.41, 5.74) is 3.40. The summed E-state index contributed by atoms with van der Waals surface area (Å²) in [5.74, 6) is 1.81. The lowest BCUT2D eigenvalue weighted by Crippen LogP contribution is -2.33. The topological polar surface area (TPSA) is 71.0 Å². The van der Waals surface area contributed by atoms with Crippen LogP contribution in [-0.4, -0.2) is 54.4 Å². The molecule has 1 aliphatic heterocycles. The maximum atomic E-state index is 11.9. The SMILES string of the molecule is CC(C)(C)c1ccc(O[C@@H](Cc2ccc(OCCNC3C4CN(Cc5ccc(Cl)cc5)C[C@@H]43)cc2)C(=O)O)cc1.Cl.Cl. The van der Waals surface area contributed by atoms with Crippen LogP contribution in [-0.2, 0) is 23.2 Å². The Morgan fingerprint density at radius 3 is 2.07 bits per heavy atom. The minimum atomic E-state index is -0.982. The predicted octanol–water partition coefficient (Wildman–Crippen LogP) is 6.65. The number of halogens is 3. The number of aliphatic carboxylic acids is 1. The standard InChI is InChI=1S/C33H39ClN2O4.2ClH/c1-33(2,3)24-8-14-27(15-9-24)40-30(32(37)38)18-22-6-12-26(13-7-22)39-17-16-35-31-28-20-36(21-29(28)31)19-23-4-10-25(34)11-5-23;;/h4-15,28-31,35H,16-21H2,1-3H3,(H,37,38);2*1H/t28-,29?,30-,31?;;/m0../s1. The van der Waals surface area contributed by atoms with E-state index in [4.69, 9.17) is 21.1 Å². The highest BCUT2D eigenvalue weighted by Gasteiger charge is 2.55. The van der Waals surface area contributed by atoms with Crippen molar-refractivity contribution in [1.82, 2.24) is 10.2 Å². The lowest BCUT2D eigenvalue weighted by atomic mass is 9.87. The number of nitrogens with one attached hydrogen (secondary N) is 1. The third-order valence-corrected chi connectivity index (χ3v) is 8.21. The summed E-state index contributed by atoms with van der Waals surface area (Å²) in [5, 5.41) is 14.2. The van der Waals surface area contributed by atoms with Gasteiger partial charge in [0, 0.05) is 43.7 Å². The van der Waals surface area contributed by atoms with Crippen LogP contribution in [0.4, 0.5) is 0 Å². The molecule has 0 radical (unpaired) electrons. The van der Waals surface area contributed by atoms with E-state index in [1.807, 2.05) is 60.7 Å². The first kappa shape index (κ1) is 34.0. The molecule has 3 aromatic carbocycles. The number of carboxylic acid groups (broad SMARTS) is 1. The zero-order chi connectivity index (χ0) is 28.3. The Kier molecular flexibility index (Phi) is 12.0. The number of benzene rings is 3. The molecule has 0 aromatic heterocycles. The molecule has 1 heterocycles. The van der Waals surface area contributed by atoms with Gasteiger partial charge in [-0.1, -0.05) is 68.8 Å². The number of carboxylic acids is 1. The lowest BCUT2D eigenvalue weighted by molar-refractivity contribution is -0.145. The number of rotatable bonds is 12. The van der Waals surface area contributed by atoms with Gasteiger partial charge in [0.25, 0.3) is 0 Å². The van der Waals surface area contributed by atoms with Gasteiger partial charge in [0.2, 0.25) is 0 Å². The summed E-state index contributed by atoms with van der Waals surface area (Å²) in [7, 11) is 0. The van der Waals surface area contributed by atoms with E-state index in [-0.39, 0.29) is 36.6 Å². The fraction of sp³-hybridized carbons (Fsp3) is 0.424. The molecule has 42 heavy (non-hydrogen) atoms. The monoisotopic (exact) mass is 634 g/mol. The van der Waals surface area contributed by atoms with Gasteiger partial charge in [-0.25, -0.2) is 4.79 Å². The summed E-state index contributed by atoms with van der Waals surface area (Å²) in [6.45, 7) is 11.1. The van der Waals surface area contributed by atoms with Crippen molar-refractivity contribution in [3.8, 4) is 11.5 Å². The minimum absolute atomic E-state index is 0. The molecule has 2 aliphatic rings. The molecular formula is C33H41Cl3N2O4. The molecule has 3 aromatic rings. The van der Waals surface area contributed by atoms with Crippen LogP contribution >= 0.6 is 36.4 Å². The van der Waals surface area contributed by atoms with Crippen LogP contribution in [0.5, 0.6) is 11.5 Å². The maximum absolute atomic E-state index is 11.9. The first-order valence-electron chi connectivity index (χ1n) is 14.1. The normalized spacial score (nSPS) is 20.0. The highest BCUT2D eigenvalue weighted by Crippen LogP contribution is 2.45. The van der Waals surface area contributed by atoms with E-state index in [0.717, 1.165) is 54.4 Å². The largest absolute Gasteiger partial charge is 0.492 e. The average molecular weight is 636 g/mol.